The summed E-state index contributed by atoms with van der Waals surface area (Å²) in [6.45, 7) is 16.3. The number of rotatable bonds is 17. The molecule has 0 amide bonds. The summed E-state index contributed by atoms with van der Waals surface area (Å²) in [6, 6.07) is 11.1. The van der Waals surface area contributed by atoms with Crippen LogP contribution in [0, 0.1) is 52.3 Å². The first-order valence-electron chi connectivity index (χ1n) is 19.3. The van der Waals surface area contributed by atoms with Gasteiger partial charge in [-0.3, -0.25) is 4.55 Å². The monoisotopic (exact) mass is 689 g/mol. The number of aliphatic hydroxyl groups is 1. The van der Waals surface area contributed by atoms with Gasteiger partial charge < -0.3 is 21.1 Å². The van der Waals surface area contributed by atoms with Crippen molar-refractivity contribution in [3.8, 4) is 0 Å². The van der Waals surface area contributed by atoms with Crippen molar-refractivity contribution >= 4 is 10.4 Å². The molecule has 4 aliphatic carbocycles. The van der Waals surface area contributed by atoms with Crippen molar-refractivity contribution in [2.75, 3.05) is 26.2 Å². The lowest BCUT2D eigenvalue weighted by atomic mass is 9.43. The molecule has 48 heavy (non-hydrogen) atoms. The second kappa shape index (κ2) is 16.5. The Hall–Kier alpha value is -1.07. The number of benzene rings is 1. The molecule has 0 aliphatic heterocycles. The fraction of sp³-hybridized carbons (Fsp3) is 0.846. The van der Waals surface area contributed by atoms with Crippen LogP contribution in [-0.4, -0.2) is 62.5 Å². The Morgan fingerprint density at radius 2 is 1.58 bits per heavy atom. The number of aliphatic hydroxyl groups excluding tert-OH is 1. The highest BCUT2D eigenvalue weighted by Gasteiger charge is 2.62. The molecule has 0 radical (unpaired) electrons. The second-order valence-corrected chi connectivity index (χ2v) is 18.1. The predicted molar refractivity (Wildman–Crippen MR) is 194 cm³/mol. The number of hydrogen-bond acceptors (Lipinski definition) is 7. The van der Waals surface area contributed by atoms with Crippen molar-refractivity contribution in [1.82, 2.24) is 16.0 Å². The first-order chi connectivity index (χ1) is 22.8. The van der Waals surface area contributed by atoms with Crippen molar-refractivity contribution < 1.29 is 22.3 Å². The van der Waals surface area contributed by atoms with E-state index in [0.29, 0.717) is 53.4 Å². The predicted octanol–water partition coefficient (Wildman–Crippen LogP) is 6.60. The van der Waals surface area contributed by atoms with Crippen molar-refractivity contribution in [2.24, 2.45) is 52.3 Å². The van der Waals surface area contributed by atoms with Crippen LogP contribution >= 0.6 is 0 Å². The zero-order chi connectivity index (χ0) is 34.5. The molecule has 4 saturated carbocycles. The van der Waals surface area contributed by atoms with E-state index < -0.39 is 16.5 Å². The molecule has 3 unspecified atom stereocenters. The highest BCUT2D eigenvalue weighted by molar-refractivity contribution is 7.80. The summed E-state index contributed by atoms with van der Waals surface area (Å²) < 4.78 is 37.2. The fourth-order valence-corrected chi connectivity index (χ4v) is 11.9. The molecule has 5 N–H and O–H groups in total. The van der Waals surface area contributed by atoms with Gasteiger partial charge >= 0.3 is 10.4 Å². The smallest absolute Gasteiger partial charge is 0.393 e. The topological polar surface area (TPSA) is 120 Å². The Kier molecular flexibility index (Phi) is 13.1. The Balaban J connectivity index is 1.06. The van der Waals surface area contributed by atoms with E-state index in [2.05, 4.69) is 67.1 Å². The van der Waals surface area contributed by atoms with E-state index in [1.807, 2.05) is 13.8 Å². The summed E-state index contributed by atoms with van der Waals surface area (Å²) in [7, 11) is -4.46. The van der Waals surface area contributed by atoms with Crippen LogP contribution in [0.4, 0.5) is 0 Å². The van der Waals surface area contributed by atoms with Crippen molar-refractivity contribution in [3.05, 3.63) is 35.9 Å². The molecule has 274 valence electrons. The lowest BCUT2D eigenvalue weighted by molar-refractivity contribution is -0.167. The van der Waals surface area contributed by atoms with Crippen LogP contribution in [0.2, 0.25) is 0 Å². The normalized spacial score (nSPS) is 36.3. The number of nitrogens with one attached hydrogen (secondary N) is 3. The van der Waals surface area contributed by atoms with E-state index >= 15 is 0 Å². The van der Waals surface area contributed by atoms with E-state index in [-0.39, 0.29) is 17.4 Å². The van der Waals surface area contributed by atoms with Gasteiger partial charge in [0.05, 0.1) is 12.2 Å². The molecule has 1 aromatic carbocycles. The minimum Gasteiger partial charge on any atom is -0.393 e. The average molecular weight is 690 g/mol. The Morgan fingerprint density at radius 1 is 0.875 bits per heavy atom. The van der Waals surface area contributed by atoms with Gasteiger partial charge in [-0.15, -0.1) is 0 Å². The Morgan fingerprint density at radius 3 is 2.31 bits per heavy atom. The number of hydrogen-bond donors (Lipinski definition) is 5. The molecule has 0 spiro atoms. The van der Waals surface area contributed by atoms with Crippen LogP contribution in [0.5, 0.6) is 0 Å². The zero-order valence-corrected chi connectivity index (χ0v) is 31.3. The van der Waals surface area contributed by atoms with Crippen LogP contribution in [0.25, 0.3) is 0 Å². The van der Waals surface area contributed by atoms with Gasteiger partial charge in [0, 0.05) is 25.7 Å². The van der Waals surface area contributed by atoms with Crippen LogP contribution in [0.15, 0.2) is 30.3 Å². The minimum atomic E-state index is -4.46. The van der Waals surface area contributed by atoms with Crippen LogP contribution in [-0.2, 0) is 21.1 Å². The van der Waals surface area contributed by atoms with E-state index in [0.717, 1.165) is 52.0 Å². The standard InChI is InChI=1S/C39H67N3O5S/c1-27(2)36(47-48(44,45)46)15-12-28(3)32-13-14-33-37-34(17-19-39(32,33)5)38(4)18-16-31(24-30(38)25-35(37)43)42-21-9-20-40-22-23-41-26-29-10-7-6-8-11-29/h6-8,10-11,27-28,30-37,40-43H,9,12-26H2,1-5H3,(H,44,45,46)/t28-,30-,31+,32-,33?,34?,35-,36-,37?,38+,39-/m1/s1. The SMILES string of the molecule is CC(C)[C@@H](CC[C@@H](C)[C@H]1CCC2C3C(CC[C@@]21C)[C@@]1(C)CC[C@H](NCCCNCCNCc2ccccc2)C[C@@H]1C[C@H]3O)OS(=O)(=O)O. The number of fused-ring (bicyclic) bond motifs is 5. The van der Waals surface area contributed by atoms with E-state index in [1.165, 1.54) is 50.5 Å². The van der Waals surface area contributed by atoms with Crippen LogP contribution < -0.4 is 16.0 Å². The molecule has 0 bridgehead atoms. The Bertz CT molecular complexity index is 1250. The third-order valence-electron chi connectivity index (χ3n) is 14.0. The van der Waals surface area contributed by atoms with Gasteiger partial charge in [-0.05, 0) is 142 Å². The summed E-state index contributed by atoms with van der Waals surface area (Å²) in [5, 5.41) is 22.8. The average Bonchev–Trinajstić information content (AvgIpc) is 3.39. The molecular formula is C39H67N3O5S. The lowest BCUT2D eigenvalue weighted by Gasteiger charge is -2.62. The van der Waals surface area contributed by atoms with Gasteiger partial charge in [0.1, 0.15) is 0 Å². The molecule has 5 rings (SSSR count). The summed E-state index contributed by atoms with van der Waals surface area (Å²) in [5.41, 5.74) is 1.86. The van der Waals surface area contributed by atoms with Gasteiger partial charge in [0.15, 0.2) is 0 Å². The van der Waals surface area contributed by atoms with Gasteiger partial charge in [-0.1, -0.05) is 65.0 Å². The summed E-state index contributed by atoms with van der Waals surface area (Å²) in [6.07, 6.45) is 11.4. The minimum absolute atomic E-state index is 0.0122. The fourth-order valence-electron chi connectivity index (χ4n) is 11.3. The summed E-state index contributed by atoms with van der Waals surface area (Å²) >= 11 is 0. The van der Waals surface area contributed by atoms with Crippen LogP contribution in [0.3, 0.4) is 0 Å². The highest BCUT2D eigenvalue weighted by Crippen LogP contribution is 2.68. The van der Waals surface area contributed by atoms with E-state index in [1.54, 1.807) is 0 Å². The molecule has 9 heteroatoms. The molecule has 4 fully saturated rings. The quantitative estimate of drug-likeness (QED) is 0.0917. The maximum Gasteiger partial charge on any atom is 0.397 e. The zero-order valence-electron chi connectivity index (χ0n) is 30.5. The molecular weight excluding hydrogens is 623 g/mol. The molecule has 8 nitrogen and oxygen atoms in total. The first kappa shape index (κ1) is 38.2. The Labute approximate surface area is 292 Å². The first-order valence-corrected chi connectivity index (χ1v) is 20.7. The highest BCUT2D eigenvalue weighted by atomic mass is 32.3. The van der Waals surface area contributed by atoms with Gasteiger partial charge in [-0.2, -0.15) is 8.42 Å². The van der Waals surface area contributed by atoms with Crippen molar-refractivity contribution in [1.29, 1.82) is 0 Å². The van der Waals surface area contributed by atoms with E-state index in [9.17, 15) is 18.1 Å². The van der Waals surface area contributed by atoms with E-state index in [4.69, 9.17) is 4.18 Å². The van der Waals surface area contributed by atoms with Crippen molar-refractivity contribution in [2.45, 2.75) is 130 Å². The van der Waals surface area contributed by atoms with Crippen molar-refractivity contribution in [3.63, 3.8) is 0 Å². The third-order valence-corrected chi connectivity index (χ3v) is 14.4. The second-order valence-electron chi connectivity index (χ2n) is 17.1. The maximum absolute atomic E-state index is 11.8. The molecule has 0 heterocycles. The molecule has 1 aromatic rings. The molecule has 0 aromatic heterocycles. The molecule has 0 saturated heterocycles. The largest absolute Gasteiger partial charge is 0.397 e. The van der Waals surface area contributed by atoms with Crippen LogP contribution in [0.1, 0.15) is 111 Å². The van der Waals surface area contributed by atoms with Gasteiger partial charge in [-0.25, -0.2) is 4.18 Å². The summed E-state index contributed by atoms with van der Waals surface area (Å²) in [4.78, 5) is 0. The lowest BCUT2D eigenvalue weighted by Crippen LogP contribution is -2.59. The molecule has 4 aliphatic rings. The maximum atomic E-state index is 11.8. The van der Waals surface area contributed by atoms with Gasteiger partial charge in [0.2, 0.25) is 0 Å². The van der Waals surface area contributed by atoms with Gasteiger partial charge in [0.25, 0.3) is 0 Å². The molecule has 11 atom stereocenters. The summed E-state index contributed by atoms with van der Waals surface area (Å²) in [5.74, 6) is 3.17. The third kappa shape index (κ3) is 9.04.